The first-order chi connectivity index (χ1) is 10.6. The highest BCUT2D eigenvalue weighted by Crippen LogP contribution is 2.18. The smallest absolute Gasteiger partial charge is 0.276 e. The van der Waals surface area contributed by atoms with Gasteiger partial charge in [0.1, 0.15) is 5.82 Å². The molecule has 0 radical (unpaired) electrons. The van der Waals surface area contributed by atoms with Crippen LogP contribution in [0.3, 0.4) is 0 Å². The zero-order valence-electron chi connectivity index (χ0n) is 11.2. The van der Waals surface area contributed by atoms with Crippen LogP contribution in [0.2, 0.25) is 0 Å². The molecule has 0 bridgehead atoms. The standard InChI is InChI=1S/C15H11F2N3O2/c16-12-7-8-14(13(17)10-12)19-18-9-3-5-11-4-1-2-6-15(11)20(21)22/h1-10,19H. The minimum atomic E-state index is -0.764. The molecule has 0 spiro atoms. The second-order valence-corrected chi connectivity index (χ2v) is 4.19. The molecule has 22 heavy (non-hydrogen) atoms. The fourth-order valence-corrected chi connectivity index (χ4v) is 1.67. The average Bonchev–Trinajstić information content (AvgIpc) is 2.49. The quantitative estimate of drug-likeness (QED) is 0.516. The highest BCUT2D eigenvalue weighted by molar-refractivity contribution is 5.80. The fourth-order valence-electron chi connectivity index (χ4n) is 1.67. The Morgan fingerprint density at radius 2 is 1.95 bits per heavy atom. The van der Waals surface area contributed by atoms with Crippen molar-refractivity contribution in [3.8, 4) is 0 Å². The number of nitro groups is 1. The molecule has 0 amide bonds. The summed E-state index contributed by atoms with van der Waals surface area (Å²) < 4.78 is 26.0. The van der Waals surface area contributed by atoms with Crippen molar-refractivity contribution in [2.45, 2.75) is 0 Å². The molecule has 2 aromatic carbocycles. The van der Waals surface area contributed by atoms with E-state index in [2.05, 4.69) is 10.5 Å². The summed E-state index contributed by atoms with van der Waals surface area (Å²) in [7, 11) is 0. The topological polar surface area (TPSA) is 67.5 Å². The van der Waals surface area contributed by atoms with E-state index in [1.807, 2.05) is 0 Å². The summed E-state index contributed by atoms with van der Waals surface area (Å²) in [6.45, 7) is 0. The Balaban J connectivity index is 2.02. The maximum Gasteiger partial charge on any atom is 0.276 e. The minimum absolute atomic E-state index is 0.0234. The van der Waals surface area contributed by atoms with Gasteiger partial charge in [-0.1, -0.05) is 12.1 Å². The lowest BCUT2D eigenvalue weighted by molar-refractivity contribution is -0.385. The Bertz CT molecular complexity index is 745. The van der Waals surface area contributed by atoms with Gasteiger partial charge in [0.25, 0.3) is 5.69 Å². The predicted octanol–water partition coefficient (Wildman–Crippen LogP) is 3.98. The molecular formula is C15H11F2N3O2. The summed E-state index contributed by atoms with van der Waals surface area (Å²) in [6, 6.07) is 9.29. The lowest BCUT2D eigenvalue weighted by Gasteiger charge is -2.00. The van der Waals surface area contributed by atoms with Crippen LogP contribution in [0, 0.1) is 21.7 Å². The summed E-state index contributed by atoms with van der Waals surface area (Å²) in [6.07, 6.45) is 4.28. The van der Waals surface area contributed by atoms with Crippen molar-refractivity contribution in [2.75, 3.05) is 5.43 Å². The molecule has 0 aliphatic heterocycles. The largest absolute Gasteiger partial charge is 0.276 e. The highest BCUT2D eigenvalue weighted by Gasteiger charge is 2.08. The van der Waals surface area contributed by atoms with Gasteiger partial charge in [-0.2, -0.15) is 5.10 Å². The predicted molar refractivity (Wildman–Crippen MR) is 80.6 cm³/mol. The third kappa shape index (κ3) is 3.95. The fraction of sp³-hybridized carbons (Fsp3) is 0. The third-order valence-electron chi connectivity index (χ3n) is 2.69. The van der Waals surface area contributed by atoms with E-state index >= 15 is 0 Å². The molecule has 7 heteroatoms. The van der Waals surface area contributed by atoms with E-state index in [0.717, 1.165) is 12.1 Å². The number of para-hydroxylation sites is 1. The summed E-state index contributed by atoms with van der Waals surface area (Å²) in [4.78, 5) is 10.3. The van der Waals surface area contributed by atoms with Crippen molar-refractivity contribution < 1.29 is 13.7 Å². The van der Waals surface area contributed by atoms with Crippen molar-refractivity contribution in [3.05, 3.63) is 75.9 Å². The number of halogens is 2. The number of nitro benzene ring substituents is 1. The number of benzene rings is 2. The molecule has 0 saturated heterocycles. The number of nitrogens with one attached hydrogen (secondary N) is 1. The molecule has 0 heterocycles. The first kappa shape index (κ1) is 15.3. The van der Waals surface area contributed by atoms with Crippen LogP contribution in [-0.2, 0) is 0 Å². The second-order valence-electron chi connectivity index (χ2n) is 4.19. The monoisotopic (exact) mass is 303 g/mol. The number of nitrogens with zero attached hydrogens (tertiary/aromatic N) is 2. The van der Waals surface area contributed by atoms with Gasteiger partial charge < -0.3 is 0 Å². The molecule has 0 atom stereocenters. The van der Waals surface area contributed by atoms with Gasteiger partial charge in [-0.05, 0) is 30.4 Å². The van der Waals surface area contributed by atoms with Gasteiger partial charge in [-0.3, -0.25) is 15.5 Å². The van der Waals surface area contributed by atoms with E-state index in [1.165, 1.54) is 30.5 Å². The lowest BCUT2D eigenvalue weighted by Crippen LogP contribution is -1.93. The van der Waals surface area contributed by atoms with E-state index in [1.54, 1.807) is 18.2 Å². The summed E-state index contributed by atoms with van der Waals surface area (Å²) in [5, 5.41) is 14.5. The molecule has 0 fully saturated rings. The van der Waals surface area contributed by atoms with Gasteiger partial charge in [-0.15, -0.1) is 0 Å². The van der Waals surface area contributed by atoms with Crippen LogP contribution in [0.5, 0.6) is 0 Å². The number of hydrogen-bond acceptors (Lipinski definition) is 4. The molecule has 0 aliphatic carbocycles. The first-order valence-electron chi connectivity index (χ1n) is 6.22. The summed E-state index contributed by atoms with van der Waals surface area (Å²) in [5.41, 5.74) is 2.83. The molecule has 0 saturated carbocycles. The zero-order valence-corrected chi connectivity index (χ0v) is 11.2. The van der Waals surface area contributed by atoms with Gasteiger partial charge in [0, 0.05) is 18.3 Å². The maximum absolute atomic E-state index is 13.3. The molecular weight excluding hydrogens is 292 g/mol. The van der Waals surface area contributed by atoms with Crippen LogP contribution in [0.25, 0.3) is 6.08 Å². The zero-order chi connectivity index (χ0) is 15.9. The van der Waals surface area contributed by atoms with Gasteiger partial charge >= 0.3 is 0 Å². The van der Waals surface area contributed by atoms with Gasteiger partial charge in [0.15, 0.2) is 5.82 Å². The highest BCUT2D eigenvalue weighted by atomic mass is 19.1. The van der Waals surface area contributed by atoms with Gasteiger partial charge in [0.2, 0.25) is 0 Å². The van der Waals surface area contributed by atoms with Crippen molar-refractivity contribution in [3.63, 3.8) is 0 Å². The van der Waals surface area contributed by atoms with Crippen molar-refractivity contribution >= 4 is 23.7 Å². The van der Waals surface area contributed by atoms with Gasteiger partial charge in [0.05, 0.1) is 16.2 Å². The van der Waals surface area contributed by atoms with E-state index < -0.39 is 16.6 Å². The van der Waals surface area contributed by atoms with Crippen LogP contribution >= 0.6 is 0 Å². The Hall–Kier alpha value is -3.09. The van der Waals surface area contributed by atoms with E-state index in [9.17, 15) is 18.9 Å². The summed E-state index contributed by atoms with van der Waals surface area (Å²) in [5.74, 6) is -1.44. The number of rotatable bonds is 5. The SMILES string of the molecule is O=[N+]([O-])c1ccccc1C=CC=NNc1ccc(F)cc1F. The third-order valence-corrected chi connectivity index (χ3v) is 2.69. The molecule has 112 valence electrons. The lowest BCUT2D eigenvalue weighted by atomic mass is 10.2. The average molecular weight is 303 g/mol. The van der Waals surface area contributed by atoms with Crippen LogP contribution in [0.1, 0.15) is 5.56 Å². The molecule has 0 aromatic heterocycles. The van der Waals surface area contributed by atoms with E-state index in [4.69, 9.17) is 0 Å². The molecule has 0 unspecified atom stereocenters. The Morgan fingerprint density at radius 1 is 1.18 bits per heavy atom. The normalized spacial score (nSPS) is 11.2. The number of hydrazone groups is 1. The van der Waals surface area contributed by atoms with E-state index in [-0.39, 0.29) is 11.4 Å². The number of allylic oxidation sites excluding steroid dienone is 1. The van der Waals surface area contributed by atoms with Crippen LogP contribution in [-0.4, -0.2) is 11.1 Å². The van der Waals surface area contributed by atoms with Crippen LogP contribution in [0.15, 0.2) is 53.6 Å². The van der Waals surface area contributed by atoms with Crippen molar-refractivity contribution in [1.29, 1.82) is 0 Å². The Kier molecular flexibility index (Phi) is 4.92. The van der Waals surface area contributed by atoms with Crippen molar-refractivity contribution in [2.24, 2.45) is 5.10 Å². The summed E-state index contributed by atoms with van der Waals surface area (Å²) >= 11 is 0. The number of anilines is 1. The first-order valence-corrected chi connectivity index (χ1v) is 6.22. The minimum Gasteiger partial charge on any atom is -0.276 e. The molecule has 5 nitrogen and oxygen atoms in total. The second kappa shape index (κ2) is 7.07. The molecule has 2 aromatic rings. The van der Waals surface area contributed by atoms with Crippen LogP contribution < -0.4 is 5.43 Å². The van der Waals surface area contributed by atoms with Crippen molar-refractivity contribution in [1.82, 2.24) is 0 Å². The van der Waals surface area contributed by atoms with Crippen LogP contribution in [0.4, 0.5) is 20.2 Å². The Morgan fingerprint density at radius 3 is 2.68 bits per heavy atom. The van der Waals surface area contributed by atoms with Gasteiger partial charge in [-0.25, -0.2) is 8.78 Å². The molecule has 0 aliphatic rings. The maximum atomic E-state index is 13.3. The number of hydrogen-bond donors (Lipinski definition) is 1. The Labute approximate surface area is 124 Å². The molecule has 1 N–H and O–H groups in total. The molecule has 2 rings (SSSR count). The van der Waals surface area contributed by atoms with E-state index in [0.29, 0.717) is 5.56 Å².